The summed E-state index contributed by atoms with van der Waals surface area (Å²) in [4.78, 5) is 9.76. The number of non-ortho nitro benzene ring substituents is 1. The van der Waals surface area contributed by atoms with Gasteiger partial charge in [0.2, 0.25) is 0 Å². The van der Waals surface area contributed by atoms with E-state index in [9.17, 15) is 10.1 Å². The van der Waals surface area contributed by atoms with Gasteiger partial charge >= 0.3 is 0 Å². The molecule has 0 heterocycles. The van der Waals surface area contributed by atoms with Crippen LogP contribution in [0.4, 0.5) is 5.69 Å². The molecular formula is C7H5ClNO2. The molecule has 57 valence electrons. The maximum absolute atomic E-state index is 10.2. The number of benzene rings is 1. The van der Waals surface area contributed by atoms with Crippen molar-refractivity contribution in [1.29, 1.82) is 0 Å². The average molecular weight is 171 g/mol. The van der Waals surface area contributed by atoms with E-state index >= 15 is 0 Å². The van der Waals surface area contributed by atoms with Gasteiger partial charge < -0.3 is 0 Å². The van der Waals surface area contributed by atoms with Crippen LogP contribution in [0, 0.1) is 23.1 Å². The molecule has 0 bridgehead atoms. The molecule has 0 aliphatic rings. The molecule has 0 spiro atoms. The van der Waals surface area contributed by atoms with E-state index in [-0.39, 0.29) is 10.7 Å². The van der Waals surface area contributed by atoms with Crippen LogP contribution in [-0.4, -0.2) is 4.92 Å². The Labute approximate surface area is 68.8 Å². The second-order valence-electron chi connectivity index (χ2n) is 2.13. The molecule has 1 aromatic rings. The highest BCUT2D eigenvalue weighted by Crippen LogP contribution is 2.19. The number of nitro benzene ring substituents is 1. The van der Waals surface area contributed by atoms with Crippen LogP contribution in [-0.2, 0) is 0 Å². The molecule has 0 aliphatic carbocycles. The third-order valence-electron chi connectivity index (χ3n) is 1.17. The van der Waals surface area contributed by atoms with Gasteiger partial charge in [0, 0.05) is 18.2 Å². The molecule has 0 saturated carbocycles. The molecule has 0 aromatic heterocycles. The van der Waals surface area contributed by atoms with Crippen molar-refractivity contribution in [3.05, 3.63) is 38.9 Å². The van der Waals surface area contributed by atoms with Crippen LogP contribution in [0.25, 0.3) is 0 Å². The van der Waals surface area contributed by atoms with Crippen LogP contribution < -0.4 is 0 Å². The molecule has 3 nitrogen and oxygen atoms in total. The maximum atomic E-state index is 10.2. The maximum Gasteiger partial charge on any atom is 0.271 e. The van der Waals surface area contributed by atoms with E-state index in [1.165, 1.54) is 12.1 Å². The smallest absolute Gasteiger partial charge is 0.258 e. The lowest BCUT2D eigenvalue weighted by Gasteiger charge is -1.93. The van der Waals surface area contributed by atoms with Crippen molar-refractivity contribution in [2.24, 2.45) is 0 Å². The second kappa shape index (κ2) is 2.88. The van der Waals surface area contributed by atoms with E-state index in [1.807, 2.05) is 0 Å². The van der Waals surface area contributed by atoms with Crippen molar-refractivity contribution >= 4 is 17.3 Å². The van der Waals surface area contributed by atoms with Crippen molar-refractivity contribution in [3.8, 4) is 0 Å². The number of aryl methyl sites for hydroxylation is 1. The highest BCUT2D eigenvalue weighted by atomic mass is 35.5. The highest BCUT2D eigenvalue weighted by molar-refractivity contribution is 6.30. The topological polar surface area (TPSA) is 43.1 Å². The first-order chi connectivity index (χ1) is 5.09. The third kappa shape index (κ3) is 1.91. The number of nitrogens with zero attached hydrogens (tertiary/aromatic N) is 1. The van der Waals surface area contributed by atoms with E-state index in [1.54, 1.807) is 6.92 Å². The van der Waals surface area contributed by atoms with Gasteiger partial charge in [-0.25, -0.2) is 0 Å². The first-order valence-electron chi connectivity index (χ1n) is 2.93. The molecule has 0 amide bonds. The van der Waals surface area contributed by atoms with Gasteiger partial charge in [0.05, 0.1) is 9.95 Å². The molecule has 4 heteroatoms. The largest absolute Gasteiger partial charge is 0.271 e. The van der Waals surface area contributed by atoms with Crippen LogP contribution >= 0.6 is 11.6 Å². The minimum Gasteiger partial charge on any atom is -0.258 e. The van der Waals surface area contributed by atoms with Gasteiger partial charge in [-0.3, -0.25) is 10.1 Å². The van der Waals surface area contributed by atoms with Crippen molar-refractivity contribution in [3.63, 3.8) is 0 Å². The zero-order valence-corrected chi connectivity index (χ0v) is 6.55. The first kappa shape index (κ1) is 8.01. The lowest BCUT2D eigenvalue weighted by Crippen LogP contribution is -1.88. The molecule has 1 rings (SSSR count). The summed E-state index contributed by atoms with van der Waals surface area (Å²) in [6.45, 7) is 1.71. The number of hydrogen-bond donors (Lipinski definition) is 0. The Hall–Kier alpha value is -1.09. The fraction of sp³-hybridized carbons (Fsp3) is 0.143. The van der Waals surface area contributed by atoms with Gasteiger partial charge in [-0.15, -0.1) is 0 Å². The standard InChI is InChI=1S/C7H5ClNO2/c1-5-2-6(8)4-7(3-5)9(10)11/h3-4H,1H3. The predicted octanol–water partition coefficient (Wildman–Crippen LogP) is 2.36. The Balaban J connectivity index is 3.19. The summed E-state index contributed by atoms with van der Waals surface area (Å²) >= 11 is 5.53. The summed E-state index contributed by atoms with van der Waals surface area (Å²) in [6.07, 6.45) is 0. The summed E-state index contributed by atoms with van der Waals surface area (Å²) in [6, 6.07) is 5.42. The van der Waals surface area contributed by atoms with Crippen molar-refractivity contribution in [1.82, 2.24) is 0 Å². The fourth-order valence-corrected chi connectivity index (χ4v) is 1.02. The average Bonchev–Trinajstić information content (AvgIpc) is 1.85. The molecule has 0 N–H and O–H groups in total. The third-order valence-corrected chi connectivity index (χ3v) is 1.37. The van der Waals surface area contributed by atoms with E-state index in [0.29, 0.717) is 5.56 Å². The molecule has 1 aromatic carbocycles. The predicted molar refractivity (Wildman–Crippen MR) is 41.7 cm³/mol. The van der Waals surface area contributed by atoms with Crippen LogP contribution in [0.15, 0.2) is 12.1 Å². The second-order valence-corrected chi connectivity index (χ2v) is 2.53. The Morgan fingerprint density at radius 2 is 2.27 bits per heavy atom. The van der Waals surface area contributed by atoms with Gasteiger partial charge in [0.1, 0.15) is 0 Å². The molecule has 1 radical (unpaired) electrons. The van der Waals surface area contributed by atoms with Gasteiger partial charge in [-0.1, -0.05) is 11.6 Å². The van der Waals surface area contributed by atoms with Crippen LogP contribution in [0.3, 0.4) is 0 Å². The fourth-order valence-electron chi connectivity index (χ4n) is 0.759. The van der Waals surface area contributed by atoms with E-state index in [4.69, 9.17) is 11.6 Å². The molecule has 11 heavy (non-hydrogen) atoms. The quantitative estimate of drug-likeness (QED) is 0.480. The van der Waals surface area contributed by atoms with Gasteiger partial charge in [0.25, 0.3) is 5.69 Å². The number of halogens is 1. The molecule has 0 atom stereocenters. The van der Waals surface area contributed by atoms with E-state index in [0.717, 1.165) is 0 Å². The molecular weight excluding hydrogens is 166 g/mol. The first-order valence-corrected chi connectivity index (χ1v) is 3.31. The number of nitro groups is 1. The number of hydrogen-bond acceptors (Lipinski definition) is 2. The summed E-state index contributed by atoms with van der Waals surface area (Å²) in [5, 5.41) is 10.5. The SMILES string of the molecule is Cc1[c]c(Cl)cc([N+](=O)[O-])c1. The summed E-state index contributed by atoms with van der Waals surface area (Å²) in [5.41, 5.74) is 0.676. The Morgan fingerprint density at radius 1 is 1.64 bits per heavy atom. The Morgan fingerprint density at radius 3 is 2.73 bits per heavy atom. The lowest BCUT2D eigenvalue weighted by molar-refractivity contribution is -0.384. The molecule has 0 fully saturated rings. The van der Waals surface area contributed by atoms with Crippen molar-refractivity contribution in [2.45, 2.75) is 6.92 Å². The van der Waals surface area contributed by atoms with Crippen molar-refractivity contribution in [2.75, 3.05) is 0 Å². The summed E-state index contributed by atoms with van der Waals surface area (Å²) < 4.78 is 0. The molecule has 0 unspecified atom stereocenters. The molecule has 0 saturated heterocycles. The Kier molecular flexibility index (Phi) is 2.10. The molecule has 0 aliphatic heterocycles. The van der Waals surface area contributed by atoms with Crippen LogP contribution in [0.2, 0.25) is 5.02 Å². The Bertz CT molecular complexity index is 278. The monoisotopic (exact) mass is 170 g/mol. The van der Waals surface area contributed by atoms with Crippen LogP contribution in [0.5, 0.6) is 0 Å². The summed E-state index contributed by atoms with van der Waals surface area (Å²) in [7, 11) is 0. The van der Waals surface area contributed by atoms with Crippen LogP contribution in [0.1, 0.15) is 5.56 Å². The zero-order valence-electron chi connectivity index (χ0n) is 5.80. The van der Waals surface area contributed by atoms with Gasteiger partial charge in [-0.05, 0) is 12.5 Å². The van der Waals surface area contributed by atoms with Crippen molar-refractivity contribution < 1.29 is 4.92 Å². The number of rotatable bonds is 1. The van der Waals surface area contributed by atoms with E-state index < -0.39 is 4.92 Å². The zero-order chi connectivity index (χ0) is 8.43. The van der Waals surface area contributed by atoms with Gasteiger partial charge in [0.15, 0.2) is 0 Å². The lowest BCUT2D eigenvalue weighted by atomic mass is 10.2. The van der Waals surface area contributed by atoms with Gasteiger partial charge in [-0.2, -0.15) is 0 Å². The normalized spacial score (nSPS) is 9.64. The highest BCUT2D eigenvalue weighted by Gasteiger charge is 2.06. The summed E-state index contributed by atoms with van der Waals surface area (Å²) in [5.74, 6) is 0. The van der Waals surface area contributed by atoms with E-state index in [2.05, 4.69) is 6.07 Å². The minimum absolute atomic E-state index is 0.00579. The minimum atomic E-state index is -0.479.